The molecule has 0 atom stereocenters. The molecule has 0 saturated heterocycles. The van der Waals surface area contributed by atoms with E-state index in [0.29, 0.717) is 11.8 Å². The number of hydrogen-bond donors (Lipinski definition) is 0. The van der Waals surface area contributed by atoms with Crippen LogP contribution in [-0.4, -0.2) is 17.6 Å². The van der Waals surface area contributed by atoms with Gasteiger partial charge >= 0.3 is 26.2 Å². The molecule has 4 aromatic rings. The van der Waals surface area contributed by atoms with Crippen molar-refractivity contribution < 1.29 is 51.0 Å². The maximum absolute atomic E-state index is 2.42. The van der Waals surface area contributed by atoms with E-state index in [4.69, 9.17) is 0 Å². The van der Waals surface area contributed by atoms with E-state index in [0.717, 1.165) is 0 Å². The van der Waals surface area contributed by atoms with Gasteiger partial charge in [-0.25, -0.2) is 0 Å². The van der Waals surface area contributed by atoms with Crippen LogP contribution in [0.25, 0.3) is 21.5 Å². The first kappa shape index (κ1) is 31.7. The molecule has 5 heteroatoms. The van der Waals surface area contributed by atoms with E-state index in [1.165, 1.54) is 32.7 Å². The minimum Gasteiger partial charge on any atom is -1.00 e. The standard InChI is InChI=1S/2C16H17Si.2ClH.Zr/c2*1-17(2)16-14-10-6-5-9-13(14)11-15(16)12-7-3-4-8-12;;;/h2*3-12,17H,1-2H3;2*1H;/q2*-1;;;+4/p-2. The molecular weight excluding hydrogens is 603 g/mol. The average molecular weight is 637 g/mol. The average Bonchev–Trinajstić information content (AvgIpc) is 3.63. The van der Waals surface area contributed by atoms with Gasteiger partial charge in [0.25, 0.3) is 0 Å². The van der Waals surface area contributed by atoms with Crippen molar-refractivity contribution in [2.45, 2.75) is 38.0 Å². The molecule has 0 bridgehead atoms. The van der Waals surface area contributed by atoms with E-state index in [1.54, 1.807) is 10.4 Å². The number of fused-ring (bicyclic) bond motifs is 2. The summed E-state index contributed by atoms with van der Waals surface area (Å²) in [6, 6.07) is 22.4. The van der Waals surface area contributed by atoms with E-state index in [2.05, 4.69) is 135 Å². The Morgan fingerprint density at radius 1 is 0.541 bits per heavy atom. The fraction of sp³-hybridized carbons (Fsp3) is 0.188. The van der Waals surface area contributed by atoms with Gasteiger partial charge in [0.1, 0.15) is 0 Å². The second kappa shape index (κ2) is 14.1. The summed E-state index contributed by atoms with van der Waals surface area (Å²) in [6.45, 7) is 9.70. The molecule has 2 aliphatic carbocycles. The Kier molecular flexibility index (Phi) is 12.1. The molecule has 0 fully saturated rings. The van der Waals surface area contributed by atoms with Crippen LogP contribution in [0.4, 0.5) is 0 Å². The largest absolute Gasteiger partial charge is 4.00 e. The molecule has 0 saturated carbocycles. The Labute approximate surface area is 257 Å². The zero-order chi connectivity index (χ0) is 23.7. The summed E-state index contributed by atoms with van der Waals surface area (Å²) in [5.41, 5.74) is 3.08. The molecule has 0 aliphatic heterocycles. The summed E-state index contributed by atoms with van der Waals surface area (Å²) in [7, 11) is -1.59. The van der Waals surface area contributed by atoms with Crippen LogP contribution < -0.4 is 35.2 Å². The minimum atomic E-state index is -0.794. The molecular formula is C32H34Cl2Si2Zr. The van der Waals surface area contributed by atoms with Crippen molar-refractivity contribution in [1.82, 2.24) is 0 Å². The Hall–Kier alpha value is -1.48. The van der Waals surface area contributed by atoms with Crippen LogP contribution in [0.5, 0.6) is 0 Å². The van der Waals surface area contributed by atoms with E-state index >= 15 is 0 Å². The molecule has 0 N–H and O–H groups in total. The second-order valence-electron chi connectivity index (χ2n) is 10.1. The van der Waals surface area contributed by atoms with Crippen LogP contribution in [0.1, 0.15) is 23.0 Å². The molecule has 0 radical (unpaired) electrons. The molecule has 188 valence electrons. The van der Waals surface area contributed by atoms with Crippen molar-refractivity contribution in [3.05, 3.63) is 120 Å². The summed E-state index contributed by atoms with van der Waals surface area (Å²) in [6.07, 6.45) is 17.8. The molecule has 0 heterocycles. The third-order valence-electron chi connectivity index (χ3n) is 7.11. The fourth-order valence-corrected chi connectivity index (χ4v) is 9.31. The first-order valence-corrected chi connectivity index (χ1v) is 18.4. The maximum Gasteiger partial charge on any atom is 4.00 e. The summed E-state index contributed by atoms with van der Waals surface area (Å²) in [4.78, 5) is 0. The Morgan fingerprint density at radius 2 is 0.865 bits per heavy atom. The number of allylic oxidation sites excluding steroid dienone is 8. The molecule has 0 amide bonds. The third-order valence-corrected chi connectivity index (χ3v) is 10.7. The first-order chi connectivity index (χ1) is 16.5. The van der Waals surface area contributed by atoms with Gasteiger partial charge in [0.05, 0.1) is 0 Å². The van der Waals surface area contributed by atoms with Crippen LogP contribution in [0.2, 0.25) is 26.2 Å². The summed E-state index contributed by atoms with van der Waals surface area (Å²) < 4.78 is 0. The fourth-order valence-electron chi connectivity index (χ4n) is 5.66. The number of hydrogen-bond acceptors (Lipinski definition) is 0. The summed E-state index contributed by atoms with van der Waals surface area (Å²) in [5.74, 6) is 1.01. The summed E-state index contributed by atoms with van der Waals surface area (Å²) in [5, 5.41) is 9.10. The Bertz CT molecular complexity index is 1300. The maximum atomic E-state index is 2.42. The molecule has 0 aromatic heterocycles. The second-order valence-corrected chi connectivity index (χ2v) is 15.9. The predicted molar refractivity (Wildman–Crippen MR) is 158 cm³/mol. The van der Waals surface area contributed by atoms with E-state index in [9.17, 15) is 0 Å². The van der Waals surface area contributed by atoms with Gasteiger partial charge in [-0.2, -0.15) is 10.4 Å². The molecule has 4 aromatic carbocycles. The van der Waals surface area contributed by atoms with Crippen molar-refractivity contribution >= 4 is 49.5 Å². The normalized spacial score (nSPS) is 14.2. The van der Waals surface area contributed by atoms with Gasteiger partial charge < -0.3 is 24.8 Å². The predicted octanol–water partition coefficient (Wildman–Crippen LogP) is 0.930. The molecule has 2 aliphatic rings. The van der Waals surface area contributed by atoms with Crippen molar-refractivity contribution in [3.63, 3.8) is 0 Å². The quantitative estimate of drug-likeness (QED) is 0.231. The van der Waals surface area contributed by atoms with Gasteiger partial charge in [-0.05, 0) is 0 Å². The van der Waals surface area contributed by atoms with Crippen molar-refractivity contribution in [2.24, 2.45) is 0 Å². The molecule has 6 rings (SSSR count). The number of benzene rings is 2. The molecule has 0 spiro atoms. The van der Waals surface area contributed by atoms with Crippen LogP contribution in [-0.2, 0) is 26.2 Å². The zero-order valence-electron chi connectivity index (χ0n) is 22.0. The minimum absolute atomic E-state index is 0. The van der Waals surface area contributed by atoms with Gasteiger partial charge in [-0.3, -0.25) is 0 Å². The van der Waals surface area contributed by atoms with Gasteiger partial charge in [0, 0.05) is 29.4 Å². The zero-order valence-corrected chi connectivity index (χ0v) is 28.2. The first-order valence-electron chi connectivity index (χ1n) is 12.6. The van der Waals surface area contributed by atoms with Gasteiger partial charge in [-0.1, -0.05) is 86.9 Å². The molecule has 37 heavy (non-hydrogen) atoms. The van der Waals surface area contributed by atoms with Crippen molar-refractivity contribution in [3.8, 4) is 0 Å². The van der Waals surface area contributed by atoms with Crippen molar-refractivity contribution in [1.29, 1.82) is 0 Å². The smallest absolute Gasteiger partial charge is 1.00 e. The van der Waals surface area contributed by atoms with Crippen LogP contribution in [0, 0.1) is 0 Å². The van der Waals surface area contributed by atoms with Crippen LogP contribution in [0.15, 0.2) is 109 Å². The topological polar surface area (TPSA) is 0 Å². The van der Waals surface area contributed by atoms with E-state index in [1.807, 2.05) is 0 Å². The van der Waals surface area contributed by atoms with E-state index in [-0.39, 0.29) is 51.0 Å². The van der Waals surface area contributed by atoms with Crippen LogP contribution in [0.3, 0.4) is 0 Å². The van der Waals surface area contributed by atoms with E-state index < -0.39 is 17.6 Å². The van der Waals surface area contributed by atoms with Crippen molar-refractivity contribution in [2.75, 3.05) is 0 Å². The third kappa shape index (κ3) is 6.57. The van der Waals surface area contributed by atoms with Gasteiger partial charge in [-0.15, -0.1) is 81.2 Å². The number of halogens is 2. The van der Waals surface area contributed by atoms with Gasteiger partial charge in [0.2, 0.25) is 0 Å². The summed E-state index contributed by atoms with van der Waals surface area (Å²) >= 11 is 0. The SMILES string of the molecule is C[SiH](C)c1c(C2C=CC=C2)[cH-]c2ccccc12.C[SiH](C)c1c(C2C=CC=C2)[cH-]c2ccccc12.[Cl-].[Cl-].[Zr+4]. The Morgan fingerprint density at radius 3 is 1.19 bits per heavy atom. The Balaban J connectivity index is 0.000000241. The molecule has 0 unspecified atom stereocenters. The van der Waals surface area contributed by atoms with Crippen LogP contribution >= 0.6 is 0 Å². The van der Waals surface area contributed by atoms with Gasteiger partial charge in [0.15, 0.2) is 0 Å². The monoisotopic (exact) mass is 634 g/mol. The molecule has 0 nitrogen and oxygen atoms in total. The number of rotatable bonds is 4.